The maximum absolute atomic E-state index is 13.0. The minimum atomic E-state index is -1.94. The molecule has 156 valence electrons. The Morgan fingerprint density at radius 3 is 1.42 bits per heavy atom. The first-order valence-corrected chi connectivity index (χ1v) is 23.1. The molecule has 0 heterocycles. The van der Waals surface area contributed by atoms with Crippen LogP contribution in [0, 0.1) is 0 Å². The molecule has 0 amide bonds. The van der Waals surface area contributed by atoms with Crippen molar-refractivity contribution in [1.82, 2.24) is 0 Å². The monoisotopic (exact) mass is 438 g/mol. The van der Waals surface area contributed by atoms with Gasteiger partial charge in [0.2, 0.25) is 0 Å². The van der Waals surface area contributed by atoms with Crippen LogP contribution in [0.1, 0.15) is 0 Å². The fourth-order valence-electron chi connectivity index (χ4n) is 2.07. The third kappa shape index (κ3) is 14.4. The zero-order valence-corrected chi connectivity index (χ0v) is 23.1. The van der Waals surface area contributed by atoms with Crippen molar-refractivity contribution in [3.05, 3.63) is 0 Å². The van der Waals surface area contributed by atoms with E-state index in [1.807, 2.05) is 0 Å². The van der Waals surface area contributed by atoms with Gasteiger partial charge in [0.15, 0.2) is 39.1 Å². The topological polar surface area (TPSA) is 54.0 Å². The van der Waals surface area contributed by atoms with Crippen molar-refractivity contribution in [3.63, 3.8) is 0 Å². The quantitative estimate of drug-likeness (QED) is 0.413. The summed E-state index contributed by atoms with van der Waals surface area (Å²) < 4.78 is 24.6. The SMILES string of the molecule is C[Si](C)(C)OCC(=O)[C@@H](O[Si](C)(C)C)[C@@H](CO[Si](C)(C)C)O[Si](C)(C)C. The van der Waals surface area contributed by atoms with E-state index in [1.165, 1.54) is 0 Å². The lowest BCUT2D eigenvalue weighted by Crippen LogP contribution is -2.52. The Morgan fingerprint density at radius 1 is 0.654 bits per heavy atom. The van der Waals surface area contributed by atoms with E-state index in [1.54, 1.807) is 0 Å². The average molecular weight is 439 g/mol. The normalized spacial score (nSPS) is 16.5. The summed E-state index contributed by atoms with van der Waals surface area (Å²) in [5, 5.41) is 0. The largest absolute Gasteiger partial charge is 0.415 e. The van der Waals surface area contributed by atoms with Gasteiger partial charge < -0.3 is 17.7 Å². The summed E-state index contributed by atoms with van der Waals surface area (Å²) in [4.78, 5) is 13.0. The molecule has 0 aliphatic carbocycles. The fraction of sp³-hybridized carbons (Fsp3) is 0.941. The summed E-state index contributed by atoms with van der Waals surface area (Å²) >= 11 is 0. The van der Waals surface area contributed by atoms with Crippen LogP contribution in [0.15, 0.2) is 0 Å². The molecular weight excluding hydrogens is 397 g/mol. The molecule has 0 saturated heterocycles. The van der Waals surface area contributed by atoms with Gasteiger partial charge in [0.25, 0.3) is 0 Å². The van der Waals surface area contributed by atoms with Crippen LogP contribution in [-0.2, 0) is 22.5 Å². The predicted molar refractivity (Wildman–Crippen MR) is 120 cm³/mol. The van der Waals surface area contributed by atoms with Crippen LogP contribution in [0.2, 0.25) is 78.6 Å². The molecule has 0 unspecified atom stereocenters. The van der Waals surface area contributed by atoms with Gasteiger partial charge in [0.1, 0.15) is 6.10 Å². The van der Waals surface area contributed by atoms with Crippen molar-refractivity contribution in [2.45, 2.75) is 90.8 Å². The Labute approximate surface area is 165 Å². The molecule has 0 aliphatic rings. The first-order chi connectivity index (χ1) is 11.3. The molecule has 2 atom stereocenters. The molecule has 0 N–H and O–H groups in total. The molecule has 0 saturated carbocycles. The molecule has 0 aliphatic heterocycles. The van der Waals surface area contributed by atoms with Crippen molar-refractivity contribution in [3.8, 4) is 0 Å². The summed E-state index contributed by atoms with van der Waals surface area (Å²) in [6.07, 6.45) is -1.00. The lowest BCUT2D eigenvalue weighted by Gasteiger charge is -2.36. The predicted octanol–water partition coefficient (Wildman–Crippen LogP) is 4.70. The van der Waals surface area contributed by atoms with E-state index in [0.29, 0.717) is 6.61 Å². The smallest absolute Gasteiger partial charge is 0.187 e. The molecule has 0 aromatic rings. The Kier molecular flexibility index (Phi) is 9.87. The van der Waals surface area contributed by atoms with Crippen molar-refractivity contribution < 1.29 is 22.5 Å². The lowest BCUT2D eigenvalue weighted by atomic mass is 10.1. The summed E-state index contributed by atoms with van der Waals surface area (Å²) in [6.45, 7) is 25.8. The van der Waals surface area contributed by atoms with E-state index in [4.69, 9.17) is 17.7 Å². The first kappa shape index (κ1) is 26.4. The molecule has 5 nitrogen and oxygen atoms in total. The highest BCUT2D eigenvalue weighted by Gasteiger charge is 2.38. The molecule has 0 rings (SSSR count). The number of carbonyl (C=O) groups excluding carboxylic acids is 1. The highest BCUT2D eigenvalue weighted by Crippen LogP contribution is 2.20. The molecule has 0 aromatic carbocycles. The third-order valence-electron chi connectivity index (χ3n) is 2.97. The molecule has 0 radical (unpaired) electrons. The maximum Gasteiger partial charge on any atom is 0.187 e. The Balaban J connectivity index is 5.50. The van der Waals surface area contributed by atoms with Gasteiger partial charge in [-0.15, -0.1) is 0 Å². The van der Waals surface area contributed by atoms with E-state index in [2.05, 4.69) is 78.6 Å². The van der Waals surface area contributed by atoms with Crippen LogP contribution in [0.4, 0.5) is 0 Å². The minimum Gasteiger partial charge on any atom is -0.415 e. The van der Waals surface area contributed by atoms with Crippen molar-refractivity contribution >= 4 is 39.1 Å². The van der Waals surface area contributed by atoms with E-state index >= 15 is 0 Å². The number of ketones is 1. The van der Waals surface area contributed by atoms with Crippen LogP contribution in [0.25, 0.3) is 0 Å². The van der Waals surface area contributed by atoms with E-state index in [0.717, 1.165) is 0 Å². The van der Waals surface area contributed by atoms with Gasteiger partial charge in [-0.2, -0.15) is 0 Å². The van der Waals surface area contributed by atoms with Crippen LogP contribution in [0.3, 0.4) is 0 Å². The minimum absolute atomic E-state index is 0.0303. The van der Waals surface area contributed by atoms with E-state index < -0.39 is 39.4 Å². The zero-order valence-electron chi connectivity index (χ0n) is 19.1. The molecule has 0 spiro atoms. The van der Waals surface area contributed by atoms with Gasteiger partial charge in [-0.3, -0.25) is 4.79 Å². The molecule has 9 heteroatoms. The highest BCUT2D eigenvalue weighted by molar-refractivity contribution is 6.71. The summed E-state index contributed by atoms with van der Waals surface area (Å²) in [5.41, 5.74) is 0. The number of hydrogen-bond acceptors (Lipinski definition) is 5. The molecular formula is C17H42O5Si4. The standard InChI is InChI=1S/C17H42O5Si4/c1-23(2,3)19-13-15(18)17(22-26(10,11)12)16(21-25(7,8)9)14-20-24(4,5)6/h16-17H,13-14H2,1-12H3/t16-,17-/m1/s1. The number of hydrogen-bond donors (Lipinski definition) is 0. The van der Waals surface area contributed by atoms with Crippen LogP contribution < -0.4 is 0 Å². The second-order valence-corrected chi connectivity index (χ2v) is 28.7. The number of rotatable bonds is 12. The summed E-state index contributed by atoms with van der Waals surface area (Å²) in [7, 11) is -7.32. The zero-order chi connectivity index (χ0) is 21.0. The van der Waals surface area contributed by atoms with Crippen LogP contribution in [0.5, 0.6) is 0 Å². The number of Topliss-reactive ketones (excluding diaryl/α,β-unsaturated/α-hetero) is 1. The van der Waals surface area contributed by atoms with Gasteiger partial charge in [0.05, 0.1) is 19.3 Å². The van der Waals surface area contributed by atoms with E-state index in [-0.39, 0.29) is 18.5 Å². The van der Waals surface area contributed by atoms with Crippen molar-refractivity contribution in [1.29, 1.82) is 0 Å². The Bertz CT molecular complexity index is 444. The Morgan fingerprint density at radius 2 is 1.08 bits per heavy atom. The number of carbonyl (C=O) groups is 1. The lowest BCUT2D eigenvalue weighted by molar-refractivity contribution is -0.134. The van der Waals surface area contributed by atoms with Gasteiger partial charge in [-0.1, -0.05) is 0 Å². The molecule has 0 bridgehead atoms. The van der Waals surface area contributed by atoms with Gasteiger partial charge >= 0.3 is 0 Å². The summed E-state index contributed by atoms with van der Waals surface area (Å²) in [6, 6.07) is 0. The first-order valence-electron chi connectivity index (χ1n) is 9.45. The second kappa shape index (κ2) is 9.73. The molecule has 0 fully saturated rings. The van der Waals surface area contributed by atoms with Gasteiger partial charge in [0, 0.05) is 0 Å². The van der Waals surface area contributed by atoms with Gasteiger partial charge in [-0.05, 0) is 78.6 Å². The van der Waals surface area contributed by atoms with Gasteiger partial charge in [-0.25, -0.2) is 0 Å². The maximum atomic E-state index is 13.0. The molecule has 26 heavy (non-hydrogen) atoms. The average Bonchev–Trinajstić information content (AvgIpc) is 2.34. The van der Waals surface area contributed by atoms with Crippen molar-refractivity contribution in [2.24, 2.45) is 0 Å². The van der Waals surface area contributed by atoms with Crippen LogP contribution in [-0.4, -0.2) is 64.5 Å². The second-order valence-electron chi connectivity index (χ2n) is 10.7. The third-order valence-corrected chi connectivity index (χ3v) is 6.98. The van der Waals surface area contributed by atoms with E-state index in [9.17, 15) is 4.79 Å². The highest BCUT2D eigenvalue weighted by atomic mass is 28.4. The summed E-state index contributed by atoms with van der Waals surface area (Å²) in [5.74, 6) is -0.0303. The van der Waals surface area contributed by atoms with Crippen molar-refractivity contribution in [2.75, 3.05) is 13.2 Å². The van der Waals surface area contributed by atoms with Crippen LogP contribution >= 0.6 is 0 Å². The molecule has 0 aromatic heterocycles. The fourth-order valence-corrected chi connectivity index (χ4v) is 5.45. The Hall–Kier alpha value is 0.378.